The van der Waals surface area contributed by atoms with Gasteiger partial charge in [0.05, 0.1) is 17.0 Å². The number of esters is 2. The number of halogens is 3. The molecule has 2 aromatic rings. The van der Waals surface area contributed by atoms with Crippen LogP contribution in [0.15, 0.2) is 14.6 Å². The van der Waals surface area contributed by atoms with Gasteiger partial charge in [-0.3, -0.25) is 0 Å². The first-order chi connectivity index (χ1) is 11.7. The molecule has 0 saturated carbocycles. The second-order valence-corrected chi connectivity index (χ2v) is 10.6. The van der Waals surface area contributed by atoms with Crippen molar-refractivity contribution in [3.05, 3.63) is 26.0 Å². The molecule has 2 heterocycles. The molecule has 7 nitrogen and oxygen atoms in total. The molecule has 0 spiro atoms. The van der Waals surface area contributed by atoms with Crippen molar-refractivity contribution in [2.45, 2.75) is 0 Å². The van der Waals surface area contributed by atoms with Crippen LogP contribution >= 0.6 is 66.8 Å². The van der Waals surface area contributed by atoms with Crippen LogP contribution < -0.4 is 5.73 Å². The minimum atomic E-state index is -0.622. The zero-order chi connectivity index (χ0) is 19.6. The summed E-state index contributed by atoms with van der Waals surface area (Å²) in [7, 11) is 2.49. The van der Waals surface area contributed by atoms with Gasteiger partial charge in [-0.1, -0.05) is 0 Å². The third-order valence-electron chi connectivity index (χ3n) is 1.66. The van der Waals surface area contributed by atoms with Crippen molar-refractivity contribution >= 4 is 83.9 Å². The molecule has 0 atom stereocenters. The molecule has 23 heavy (non-hydrogen) atoms. The van der Waals surface area contributed by atoms with Crippen molar-refractivity contribution in [2.24, 2.45) is 0 Å². The molecule has 0 fully saturated rings. The van der Waals surface area contributed by atoms with Crippen LogP contribution in [0.25, 0.3) is 0 Å². The van der Waals surface area contributed by atoms with E-state index in [1.807, 2.05) is 0 Å². The van der Waals surface area contributed by atoms with Crippen molar-refractivity contribution in [3.8, 4) is 0 Å². The van der Waals surface area contributed by atoms with Gasteiger partial charge in [0.1, 0.15) is 0 Å². The first kappa shape index (κ1) is 19.3. The summed E-state index contributed by atoms with van der Waals surface area (Å²) in [5.41, 5.74) is 5.29. The number of nitrogens with two attached hydrogens (primary N) is 1. The molecule has 2 rings (SSSR count). The van der Waals surface area contributed by atoms with Crippen LogP contribution in [0, 0.1) is 0 Å². The maximum absolute atomic E-state index is 10.8. The topological polar surface area (TPSA) is 104 Å². The Morgan fingerprint density at radius 2 is 1.61 bits per heavy atom. The molecule has 0 aromatic carbocycles. The van der Waals surface area contributed by atoms with Gasteiger partial charge in [0.15, 0.2) is 20.4 Å². The van der Waals surface area contributed by atoms with Crippen LogP contribution in [0.2, 0.25) is 0 Å². The Labute approximate surface area is 171 Å². The van der Waals surface area contributed by atoms with E-state index < -0.39 is 11.9 Å². The molecule has 0 radical (unpaired) electrons. The Morgan fingerprint density at radius 1 is 1.17 bits per heavy atom. The van der Waals surface area contributed by atoms with Crippen molar-refractivity contribution in [3.63, 3.8) is 0 Å². The molecule has 0 aliphatic rings. The summed E-state index contributed by atoms with van der Waals surface area (Å²) in [5.74, 6) is -1.19. The molecule has 0 bridgehead atoms. The van der Waals surface area contributed by atoms with Crippen molar-refractivity contribution in [1.29, 1.82) is 0 Å². The average Bonchev–Trinajstić information content (AvgIpc) is 3.08. The van der Waals surface area contributed by atoms with Crippen LogP contribution in [0.1, 0.15) is 23.7 Å². The molecule has 13 heteroatoms. The summed E-state index contributed by atoms with van der Waals surface area (Å²) in [6.07, 6.45) is 0. The summed E-state index contributed by atoms with van der Waals surface area (Å²) in [6.45, 7) is 0. The zero-order valence-electron chi connectivity index (χ0n) is 13.4. The van der Waals surface area contributed by atoms with Gasteiger partial charge in [0, 0.05) is 10.7 Å². The van der Waals surface area contributed by atoms with E-state index in [0.29, 0.717) is 3.92 Å². The number of methoxy groups -OCH3 is 2. The fourth-order valence-electron chi connectivity index (χ4n) is 0.848. The van der Waals surface area contributed by atoms with Gasteiger partial charge in [0.2, 0.25) is 0 Å². The minimum absolute atomic E-state index is 0.0185. The second kappa shape index (κ2) is 13.3. The van der Waals surface area contributed by atoms with Gasteiger partial charge in [-0.05, 0) is 15.9 Å². The van der Waals surface area contributed by atoms with Gasteiger partial charge < -0.3 is 15.2 Å². The Balaban J connectivity index is 0.000000399. The van der Waals surface area contributed by atoms with Gasteiger partial charge >= 0.3 is 51.5 Å². The van der Waals surface area contributed by atoms with Crippen LogP contribution in [-0.4, -0.2) is 36.1 Å². The summed E-state index contributed by atoms with van der Waals surface area (Å²) in [4.78, 5) is 29.0. The molecule has 133 valence electrons. The van der Waals surface area contributed by atoms with Crippen LogP contribution in [0.4, 0.5) is 5.13 Å². The standard InChI is InChI=1S/C5H4BrNO2S.C5H6N2O2S.2BrH.Cu/c2*1-9-4(8)3-2-10-5(6)7-3;;;/h2H,1H3;2H,1H3,(H2,6,7);2*1H;/q;;;;+2/p-2/i2*2D;;;. The third kappa shape index (κ3) is 9.75. The van der Waals surface area contributed by atoms with E-state index in [4.69, 9.17) is 8.48 Å². The fourth-order valence-corrected chi connectivity index (χ4v) is 2.18. The van der Waals surface area contributed by atoms with Crippen LogP contribution in [0.5, 0.6) is 0 Å². The molecular weight excluding hydrogens is 594 g/mol. The number of aromatic nitrogens is 2. The Bertz CT molecular complexity index is 661. The quantitative estimate of drug-likeness (QED) is 0.409. The Morgan fingerprint density at radius 3 is 1.91 bits per heavy atom. The van der Waals surface area contributed by atoms with E-state index >= 15 is 0 Å². The normalized spacial score (nSPS) is 10.3. The molecule has 2 N–H and O–H groups in total. The van der Waals surface area contributed by atoms with Gasteiger partial charge in [-0.15, -0.1) is 22.7 Å². The van der Waals surface area contributed by atoms with Crippen LogP contribution in [-0.2, 0) is 20.8 Å². The first-order valence-electron chi connectivity index (χ1n) is 6.05. The Kier molecular flexibility index (Phi) is 11.1. The van der Waals surface area contributed by atoms with Crippen molar-refractivity contribution < 1.29 is 33.1 Å². The summed E-state index contributed by atoms with van der Waals surface area (Å²) >= 11 is 12.5. The molecule has 0 saturated heterocycles. The maximum atomic E-state index is 10.8. The predicted molar refractivity (Wildman–Crippen MR) is 96.9 cm³/mol. The van der Waals surface area contributed by atoms with E-state index in [2.05, 4.69) is 63.6 Å². The molecule has 2 aromatic heterocycles. The molecule has 0 aliphatic carbocycles. The van der Waals surface area contributed by atoms with E-state index in [1.54, 1.807) is 0 Å². The van der Waals surface area contributed by atoms with Gasteiger partial charge in [-0.2, -0.15) is 0 Å². The number of anilines is 1. The van der Waals surface area contributed by atoms with E-state index in [0.717, 1.165) is 22.7 Å². The summed E-state index contributed by atoms with van der Waals surface area (Å²) in [5, 5.41) is 0.355. The van der Waals surface area contributed by atoms with E-state index in [1.165, 1.54) is 25.6 Å². The monoisotopic (exact) mass is 602 g/mol. The number of hydrogen-bond donors (Lipinski definition) is 1. The second-order valence-electron chi connectivity index (χ2n) is 2.95. The molecule has 0 unspecified atom stereocenters. The first-order valence-corrected chi connectivity index (χ1v) is 12.1. The summed E-state index contributed by atoms with van der Waals surface area (Å²) in [6, 6.07) is 0. The van der Waals surface area contributed by atoms with Gasteiger partial charge in [0.25, 0.3) is 0 Å². The fraction of sp³-hybridized carbons (Fsp3) is 0.200. The predicted octanol–water partition coefficient (Wildman–Crippen LogP) is 3.89. The number of rotatable bonds is 2. The number of nitrogens with zero attached hydrogens (tertiary/aromatic N) is 2. The van der Waals surface area contributed by atoms with E-state index in [9.17, 15) is 9.59 Å². The number of thiazole rings is 2. The zero-order valence-corrected chi connectivity index (χ0v) is 18.7. The molecule has 0 amide bonds. The van der Waals surface area contributed by atoms with Crippen molar-refractivity contribution in [1.82, 2.24) is 9.97 Å². The molecular formula is C10H10Br3CuN3O4S2. The number of ether oxygens (including phenoxy) is 2. The third-order valence-corrected chi connectivity index (χ3v) is 3.48. The number of carbonyl (C=O) groups is 2. The van der Waals surface area contributed by atoms with E-state index in [-0.39, 0.29) is 27.2 Å². The van der Waals surface area contributed by atoms with Crippen molar-refractivity contribution in [2.75, 3.05) is 20.0 Å². The summed E-state index contributed by atoms with van der Waals surface area (Å²) < 4.78 is 23.7. The average molecular weight is 606 g/mol. The van der Waals surface area contributed by atoms with Gasteiger partial charge in [-0.25, -0.2) is 19.6 Å². The van der Waals surface area contributed by atoms with Crippen LogP contribution in [0.3, 0.4) is 0 Å². The number of nitrogen functional groups attached to an aromatic ring is 1. The molecule has 0 aliphatic heterocycles. The Hall–Kier alpha value is -0.0405. The number of carbonyl (C=O) groups excluding carboxylic acids is 2. The SMILES string of the molecule is [2H]c1sc(Br)nc1C(=O)OC.[2H]c1sc(N)nc1C(=O)OC.[Br][Cu][Br]. The number of hydrogen-bond acceptors (Lipinski definition) is 9.